The van der Waals surface area contributed by atoms with Gasteiger partial charge in [-0.25, -0.2) is 0 Å². The zero-order valence-corrected chi connectivity index (χ0v) is 12.2. The van der Waals surface area contributed by atoms with Crippen LogP contribution in [0, 0.1) is 0 Å². The topological polar surface area (TPSA) is 39.1 Å². The molecule has 0 fully saturated rings. The van der Waals surface area contributed by atoms with E-state index in [0.29, 0.717) is 17.3 Å². The molecule has 0 unspecified atom stereocenters. The Morgan fingerprint density at radius 2 is 2.16 bits per heavy atom. The molecule has 0 amide bonds. The fourth-order valence-corrected chi connectivity index (χ4v) is 2.14. The third kappa shape index (κ3) is 3.20. The van der Waals surface area contributed by atoms with E-state index in [2.05, 4.69) is 23.4 Å². The third-order valence-electron chi connectivity index (χ3n) is 3.01. The zero-order chi connectivity index (χ0) is 13.8. The maximum absolute atomic E-state index is 6.09. The van der Waals surface area contributed by atoms with Gasteiger partial charge in [0.25, 0.3) is 0 Å². The van der Waals surface area contributed by atoms with E-state index in [1.807, 2.05) is 29.9 Å². The number of hydrogen-bond donors (Lipinski definition) is 1. The van der Waals surface area contributed by atoms with E-state index < -0.39 is 0 Å². The number of benzene rings is 1. The van der Waals surface area contributed by atoms with Gasteiger partial charge in [-0.1, -0.05) is 18.5 Å². The summed E-state index contributed by atoms with van der Waals surface area (Å²) in [6, 6.07) is 7.77. The van der Waals surface area contributed by atoms with Gasteiger partial charge < -0.3 is 10.1 Å². The second-order valence-electron chi connectivity index (χ2n) is 4.31. The van der Waals surface area contributed by atoms with Gasteiger partial charge >= 0.3 is 0 Å². The fourth-order valence-electron chi connectivity index (χ4n) is 1.88. The fraction of sp³-hybridized carbons (Fsp3) is 0.357. The lowest BCUT2D eigenvalue weighted by Gasteiger charge is -2.09. The van der Waals surface area contributed by atoms with E-state index in [4.69, 9.17) is 16.3 Å². The van der Waals surface area contributed by atoms with Gasteiger partial charge in [0.1, 0.15) is 5.75 Å². The lowest BCUT2D eigenvalue weighted by Crippen LogP contribution is -2.05. The van der Waals surface area contributed by atoms with Gasteiger partial charge in [0.2, 0.25) is 0 Å². The lowest BCUT2D eigenvalue weighted by atomic mass is 10.2. The molecular weight excluding hydrogens is 262 g/mol. The summed E-state index contributed by atoms with van der Waals surface area (Å²) in [5.41, 5.74) is 3.21. The first-order valence-electron chi connectivity index (χ1n) is 6.23. The molecule has 0 bridgehead atoms. The van der Waals surface area contributed by atoms with Gasteiger partial charge in [0.15, 0.2) is 0 Å². The van der Waals surface area contributed by atoms with Gasteiger partial charge in [-0.2, -0.15) is 5.10 Å². The van der Waals surface area contributed by atoms with Crippen molar-refractivity contribution in [2.75, 3.05) is 12.4 Å². The van der Waals surface area contributed by atoms with Gasteiger partial charge in [-0.05, 0) is 30.7 Å². The quantitative estimate of drug-likeness (QED) is 0.913. The van der Waals surface area contributed by atoms with Crippen LogP contribution in [0.15, 0.2) is 24.3 Å². The molecular formula is C14H18ClN3O. The Morgan fingerprint density at radius 1 is 1.37 bits per heavy atom. The first-order valence-corrected chi connectivity index (χ1v) is 6.61. The summed E-state index contributed by atoms with van der Waals surface area (Å²) in [7, 11) is 3.56. The van der Waals surface area contributed by atoms with Crippen molar-refractivity contribution in [1.82, 2.24) is 9.78 Å². The molecule has 0 spiro atoms. The minimum Gasteiger partial charge on any atom is -0.495 e. The van der Waals surface area contributed by atoms with Crippen LogP contribution < -0.4 is 10.1 Å². The number of nitrogens with zero attached hydrogens (tertiary/aromatic N) is 2. The van der Waals surface area contributed by atoms with E-state index in [9.17, 15) is 0 Å². The maximum Gasteiger partial charge on any atom is 0.137 e. The zero-order valence-electron chi connectivity index (χ0n) is 11.4. The number of hydrogen-bond acceptors (Lipinski definition) is 3. The van der Waals surface area contributed by atoms with Crippen molar-refractivity contribution in [3.8, 4) is 5.75 Å². The second kappa shape index (κ2) is 5.97. The van der Waals surface area contributed by atoms with Crippen molar-refractivity contribution >= 4 is 17.3 Å². The van der Waals surface area contributed by atoms with Crippen molar-refractivity contribution in [3.63, 3.8) is 0 Å². The first-order chi connectivity index (χ1) is 9.13. The molecule has 0 aliphatic heterocycles. The molecule has 2 aromatic rings. The molecule has 1 N–H and O–H groups in total. The number of anilines is 1. The van der Waals surface area contributed by atoms with E-state index in [0.717, 1.165) is 23.5 Å². The summed E-state index contributed by atoms with van der Waals surface area (Å²) in [5, 5.41) is 8.35. The van der Waals surface area contributed by atoms with Crippen LogP contribution >= 0.6 is 11.6 Å². The lowest BCUT2D eigenvalue weighted by molar-refractivity contribution is 0.415. The SMILES string of the molecule is CCc1cc(CNc2ccc(OC)c(Cl)c2)n(C)n1. The Kier molecular flexibility index (Phi) is 4.32. The number of methoxy groups -OCH3 is 1. The molecule has 4 nitrogen and oxygen atoms in total. The Labute approximate surface area is 118 Å². The number of nitrogens with one attached hydrogen (secondary N) is 1. The Balaban J connectivity index is 2.05. The summed E-state index contributed by atoms with van der Waals surface area (Å²) in [6.45, 7) is 2.81. The number of ether oxygens (including phenoxy) is 1. The normalized spacial score (nSPS) is 10.5. The van der Waals surface area contributed by atoms with E-state index in [1.165, 1.54) is 0 Å². The van der Waals surface area contributed by atoms with E-state index >= 15 is 0 Å². The molecule has 2 rings (SSSR count). The minimum absolute atomic E-state index is 0.603. The van der Waals surface area contributed by atoms with Gasteiger partial charge in [0, 0.05) is 12.7 Å². The van der Waals surface area contributed by atoms with Crippen molar-refractivity contribution in [2.45, 2.75) is 19.9 Å². The highest BCUT2D eigenvalue weighted by atomic mass is 35.5. The van der Waals surface area contributed by atoms with Crippen LogP contribution in [0.3, 0.4) is 0 Å². The summed E-state index contributed by atoms with van der Waals surface area (Å²) in [6.07, 6.45) is 0.947. The largest absolute Gasteiger partial charge is 0.495 e. The molecule has 1 heterocycles. The highest BCUT2D eigenvalue weighted by molar-refractivity contribution is 6.32. The van der Waals surface area contributed by atoms with Crippen LogP contribution in [-0.2, 0) is 20.0 Å². The van der Waals surface area contributed by atoms with Crippen molar-refractivity contribution in [1.29, 1.82) is 0 Å². The van der Waals surface area contributed by atoms with Crippen LogP contribution in [0.1, 0.15) is 18.3 Å². The van der Waals surface area contributed by atoms with Gasteiger partial charge in [-0.3, -0.25) is 4.68 Å². The average Bonchev–Trinajstić information content (AvgIpc) is 2.77. The predicted molar refractivity (Wildman–Crippen MR) is 77.9 cm³/mol. The third-order valence-corrected chi connectivity index (χ3v) is 3.31. The minimum atomic E-state index is 0.603. The summed E-state index contributed by atoms with van der Waals surface area (Å²) < 4.78 is 7.03. The predicted octanol–water partition coefficient (Wildman–Crippen LogP) is 3.26. The van der Waals surface area contributed by atoms with E-state index in [-0.39, 0.29) is 0 Å². The summed E-state index contributed by atoms with van der Waals surface area (Å²) in [4.78, 5) is 0. The number of rotatable bonds is 5. The molecule has 0 atom stereocenters. The Morgan fingerprint density at radius 3 is 2.74 bits per heavy atom. The standard InChI is InChI=1S/C14H18ClN3O/c1-4-10-7-12(18(2)17-10)9-16-11-5-6-14(19-3)13(15)8-11/h5-8,16H,4,9H2,1-3H3. The highest BCUT2D eigenvalue weighted by Crippen LogP contribution is 2.27. The van der Waals surface area contributed by atoms with Crippen LogP contribution in [0.25, 0.3) is 0 Å². The first kappa shape index (κ1) is 13.7. The Bertz CT molecular complexity index is 566. The van der Waals surface area contributed by atoms with Gasteiger partial charge in [-0.15, -0.1) is 0 Å². The molecule has 5 heteroatoms. The molecule has 0 aliphatic rings. The molecule has 19 heavy (non-hydrogen) atoms. The van der Waals surface area contributed by atoms with Gasteiger partial charge in [0.05, 0.1) is 30.1 Å². The number of aromatic nitrogens is 2. The van der Waals surface area contributed by atoms with Crippen molar-refractivity contribution in [3.05, 3.63) is 40.7 Å². The molecule has 1 aromatic carbocycles. The van der Waals surface area contributed by atoms with Crippen LogP contribution in [0.5, 0.6) is 5.75 Å². The van der Waals surface area contributed by atoms with Crippen molar-refractivity contribution in [2.24, 2.45) is 7.05 Å². The van der Waals surface area contributed by atoms with Crippen molar-refractivity contribution < 1.29 is 4.74 Å². The molecule has 102 valence electrons. The molecule has 0 saturated carbocycles. The highest BCUT2D eigenvalue weighted by Gasteiger charge is 2.05. The monoisotopic (exact) mass is 279 g/mol. The van der Waals surface area contributed by atoms with Crippen LogP contribution in [-0.4, -0.2) is 16.9 Å². The molecule has 0 aliphatic carbocycles. The molecule has 0 radical (unpaired) electrons. The van der Waals surface area contributed by atoms with Crippen LogP contribution in [0.4, 0.5) is 5.69 Å². The van der Waals surface area contributed by atoms with E-state index in [1.54, 1.807) is 7.11 Å². The number of halogens is 1. The smallest absolute Gasteiger partial charge is 0.137 e. The average molecular weight is 280 g/mol. The number of aryl methyl sites for hydroxylation is 2. The molecule has 0 saturated heterocycles. The molecule has 1 aromatic heterocycles. The second-order valence-corrected chi connectivity index (χ2v) is 4.71. The summed E-state index contributed by atoms with van der Waals surface area (Å²) in [5.74, 6) is 0.681. The summed E-state index contributed by atoms with van der Waals surface area (Å²) >= 11 is 6.09. The Hall–Kier alpha value is -1.68. The maximum atomic E-state index is 6.09. The van der Waals surface area contributed by atoms with Crippen LogP contribution in [0.2, 0.25) is 5.02 Å².